The lowest BCUT2D eigenvalue weighted by molar-refractivity contribution is 0.0689. The fraction of sp³-hybridized carbons (Fsp3) is 0.100. The Morgan fingerprint density at radius 1 is 1.44 bits per heavy atom. The van der Waals surface area contributed by atoms with Crippen LogP contribution in [0, 0.1) is 6.92 Å². The summed E-state index contributed by atoms with van der Waals surface area (Å²) in [7, 11) is 0. The Kier molecular flexibility index (Phi) is 3.38. The number of aromatic carboxylic acids is 1. The molecule has 0 radical (unpaired) electrons. The van der Waals surface area contributed by atoms with Crippen molar-refractivity contribution in [3.63, 3.8) is 0 Å². The van der Waals surface area contributed by atoms with Gasteiger partial charge in [0.05, 0.1) is 0 Å². The summed E-state index contributed by atoms with van der Waals surface area (Å²) < 4.78 is 0. The van der Waals surface area contributed by atoms with Gasteiger partial charge in [-0.3, -0.25) is 4.79 Å². The topological polar surface area (TPSA) is 109 Å². The first kappa shape index (κ1) is 12.2. The van der Waals surface area contributed by atoms with Gasteiger partial charge in [0.25, 0.3) is 5.56 Å². The number of aryl methyl sites for hydroxylation is 1. The molecule has 0 aliphatic heterocycles. The lowest BCUT2D eigenvalue weighted by Gasteiger charge is -2.00. The van der Waals surface area contributed by atoms with Crippen molar-refractivity contribution < 1.29 is 9.90 Å². The highest BCUT2D eigenvalue weighted by molar-refractivity contribution is 7.99. The molecule has 92 valence electrons. The number of nitrogens with zero attached hydrogens (tertiary/aromatic N) is 3. The zero-order chi connectivity index (χ0) is 13.1. The second-order valence-corrected chi connectivity index (χ2v) is 4.28. The highest BCUT2D eigenvalue weighted by atomic mass is 32.2. The summed E-state index contributed by atoms with van der Waals surface area (Å²) in [5, 5.41) is 9.32. The van der Waals surface area contributed by atoms with E-state index in [4.69, 9.17) is 5.11 Å². The molecule has 0 fully saturated rings. The summed E-state index contributed by atoms with van der Waals surface area (Å²) in [5.74, 6) is -1.13. The second kappa shape index (κ2) is 4.96. The normalized spacial score (nSPS) is 10.3. The Balaban J connectivity index is 2.31. The largest absolute Gasteiger partial charge is 0.477 e. The second-order valence-electron chi connectivity index (χ2n) is 3.32. The van der Waals surface area contributed by atoms with Gasteiger partial charge >= 0.3 is 5.97 Å². The molecule has 18 heavy (non-hydrogen) atoms. The van der Waals surface area contributed by atoms with E-state index in [0.29, 0.717) is 10.9 Å². The Bertz CT molecular complexity index is 656. The minimum Gasteiger partial charge on any atom is -0.477 e. The Labute approximate surface area is 105 Å². The summed E-state index contributed by atoms with van der Waals surface area (Å²) in [5.41, 5.74) is 0.178. The average Bonchev–Trinajstić information content (AvgIpc) is 2.27. The summed E-state index contributed by atoms with van der Waals surface area (Å²) in [6.45, 7) is 1.69. The maximum atomic E-state index is 11.2. The minimum absolute atomic E-state index is 0.109. The summed E-state index contributed by atoms with van der Waals surface area (Å²) >= 11 is 0.995. The summed E-state index contributed by atoms with van der Waals surface area (Å²) in [6, 6.07) is 2.65. The van der Waals surface area contributed by atoms with Crippen LogP contribution in [-0.4, -0.2) is 31.0 Å². The maximum absolute atomic E-state index is 11.2. The molecule has 0 spiro atoms. The van der Waals surface area contributed by atoms with Crippen molar-refractivity contribution in [1.29, 1.82) is 0 Å². The van der Waals surface area contributed by atoms with Gasteiger partial charge in [0.1, 0.15) is 0 Å². The quantitative estimate of drug-likeness (QED) is 0.786. The predicted molar refractivity (Wildman–Crippen MR) is 62.7 cm³/mol. The number of aromatic nitrogens is 4. The molecule has 2 heterocycles. The molecule has 7 nitrogen and oxygen atoms in total. The minimum atomic E-state index is -1.13. The Morgan fingerprint density at radius 3 is 2.89 bits per heavy atom. The molecule has 8 heteroatoms. The molecule has 0 aliphatic rings. The van der Waals surface area contributed by atoms with Crippen molar-refractivity contribution in [3.05, 3.63) is 40.1 Å². The number of hydrogen-bond donors (Lipinski definition) is 2. The predicted octanol–water partition coefficient (Wildman–Crippen LogP) is 0.718. The van der Waals surface area contributed by atoms with E-state index in [1.54, 1.807) is 6.92 Å². The monoisotopic (exact) mass is 264 g/mol. The van der Waals surface area contributed by atoms with Gasteiger partial charge in [-0.2, -0.15) is 0 Å². The van der Waals surface area contributed by atoms with Crippen molar-refractivity contribution >= 4 is 17.7 Å². The van der Waals surface area contributed by atoms with Crippen LogP contribution in [0.5, 0.6) is 0 Å². The highest BCUT2D eigenvalue weighted by Gasteiger charge is 2.08. The molecule has 2 aromatic rings. The van der Waals surface area contributed by atoms with E-state index in [-0.39, 0.29) is 16.4 Å². The smallest absolute Gasteiger partial charge is 0.354 e. The number of aromatic amines is 1. The van der Waals surface area contributed by atoms with Crippen LogP contribution >= 0.6 is 11.8 Å². The Morgan fingerprint density at radius 2 is 2.22 bits per heavy atom. The number of H-pyrrole nitrogens is 1. The third kappa shape index (κ3) is 2.92. The molecule has 0 aliphatic carbocycles. The Hall–Kier alpha value is -2.22. The molecule has 0 unspecified atom stereocenters. The van der Waals surface area contributed by atoms with Crippen molar-refractivity contribution in [2.24, 2.45) is 0 Å². The number of rotatable bonds is 3. The van der Waals surface area contributed by atoms with Crippen LogP contribution < -0.4 is 5.56 Å². The summed E-state index contributed by atoms with van der Waals surface area (Å²) in [4.78, 5) is 36.3. The van der Waals surface area contributed by atoms with Crippen LogP contribution in [0.25, 0.3) is 0 Å². The number of carboxylic acids is 1. The molecule has 2 N–H and O–H groups in total. The molecule has 0 saturated heterocycles. The fourth-order valence-corrected chi connectivity index (χ4v) is 1.97. The molecule has 0 atom stereocenters. The van der Waals surface area contributed by atoms with Crippen LogP contribution in [-0.2, 0) is 0 Å². The first-order chi connectivity index (χ1) is 8.54. The highest BCUT2D eigenvalue weighted by Crippen LogP contribution is 2.19. The van der Waals surface area contributed by atoms with E-state index in [0.717, 1.165) is 11.8 Å². The summed E-state index contributed by atoms with van der Waals surface area (Å²) in [6.07, 6.45) is 1.34. The van der Waals surface area contributed by atoms with Crippen molar-refractivity contribution in [3.8, 4) is 0 Å². The number of hydrogen-bond acceptors (Lipinski definition) is 6. The van der Waals surface area contributed by atoms with E-state index in [2.05, 4.69) is 19.9 Å². The van der Waals surface area contributed by atoms with Gasteiger partial charge in [-0.15, -0.1) is 0 Å². The van der Waals surface area contributed by atoms with E-state index in [9.17, 15) is 9.59 Å². The molecular weight excluding hydrogens is 256 g/mol. The molecule has 2 aromatic heterocycles. The lowest BCUT2D eigenvalue weighted by Crippen LogP contribution is -2.08. The van der Waals surface area contributed by atoms with Gasteiger partial charge in [-0.25, -0.2) is 19.7 Å². The lowest BCUT2D eigenvalue weighted by atomic mass is 10.4. The van der Waals surface area contributed by atoms with E-state index >= 15 is 0 Å². The van der Waals surface area contributed by atoms with Crippen molar-refractivity contribution in [1.82, 2.24) is 19.9 Å². The van der Waals surface area contributed by atoms with Gasteiger partial charge in [0, 0.05) is 18.0 Å². The van der Waals surface area contributed by atoms with Crippen LogP contribution in [0.4, 0.5) is 0 Å². The van der Waals surface area contributed by atoms with Gasteiger partial charge in [0.15, 0.2) is 16.0 Å². The molecule has 0 amide bonds. The van der Waals surface area contributed by atoms with Crippen LogP contribution in [0.15, 0.2) is 33.4 Å². The van der Waals surface area contributed by atoms with Gasteiger partial charge in [0.2, 0.25) is 0 Å². The molecule has 0 saturated carbocycles. The molecular formula is C10H8N4O3S. The number of carboxylic acid groups (broad SMARTS) is 1. The van der Waals surface area contributed by atoms with Crippen LogP contribution in [0.1, 0.15) is 16.2 Å². The van der Waals surface area contributed by atoms with E-state index < -0.39 is 5.97 Å². The van der Waals surface area contributed by atoms with Crippen LogP contribution in [0.2, 0.25) is 0 Å². The fourth-order valence-electron chi connectivity index (χ4n) is 1.20. The van der Waals surface area contributed by atoms with Crippen LogP contribution in [0.3, 0.4) is 0 Å². The standard InChI is InChI=1S/C10H8N4O3S/c1-5-4-7(15)14-10(12-5)18-9-11-3-2-6(13-9)8(16)17/h2-4H,1H3,(H,16,17)(H,12,14,15). The number of carbonyl (C=O) groups is 1. The van der Waals surface area contributed by atoms with Crippen molar-refractivity contribution in [2.45, 2.75) is 17.2 Å². The van der Waals surface area contributed by atoms with Gasteiger partial charge < -0.3 is 10.1 Å². The van der Waals surface area contributed by atoms with Gasteiger partial charge in [-0.1, -0.05) is 0 Å². The third-order valence-corrected chi connectivity index (χ3v) is 2.65. The molecule has 0 aromatic carbocycles. The average molecular weight is 264 g/mol. The number of nitrogens with one attached hydrogen (secondary N) is 1. The van der Waals surface area contributed by atoms with E-state index in [1.807, 2.05) is 0 Å². The molecule has 0 bridgehead atoms. The van der Waals surface area contributed by atoms with Crippen molar-refractivity contribution in [2.75, 3.05) is 0 Å². The van der Waals surface area contributed by atoms with Gasteiger partial charge in [-0.05, 0) is 24.8 Å². The zero-order valence-electron chi connectivity index (χ0n) is 9.25. The van der Waals surface area contributed by atoms with E-state index in [1.165, 1.54) is 18.3 Å². The first-order valence-electron chi connectivity index (χ1n) is 4.87. The maximum Gasteiger partial charge on any atom is 0.354 e. The third-order valence-electron chi connectivity index (χ3n) is 1.89. The molecule has 2 rings (SSSR count). The SMILES string of the molecule is Cc1cc(=O)[nH]c(Sc2nccc(C(=O)O)n2)n1. The zero-order valence-corrected chi connectivity index (χ0v) is 10.1. The first-order valence-corrected chi connectivity index (χ1v) is 5.68.